The maximum absolute atomic E-state index is 14.9. The van der Waals surface area contributed by atoms with E-state index < -0.39 is 17.9 Å². The number of nitrogens with zero attached hydrogens (tertiary/aromatic N) is 5. The minimum atomic E-state index is -0.797. The predicted molar refractivity (Wildman–Crippen MR) is 187 cm³/mol. The molecular formula is C38H39ClFN7O4. The van der Waals surface area contributed by atoms with E-state index in [0.29, 0.717) is 36.1 Å². The van der Waals surface area contributed by atoms with Gasteiger partial charge < -0.3 is 15.5 Å². The van der Waals surface area contributed by atoms with Gasteiger partial charge in [0.15, 0.2) is 5.78 Å². The summed E-state index contributed by atoms with van der Waals surface area (Å²) in [6, 6.07) is 6.92. The summed E-state index contributed by atoms with van der Waals surface area (Å²) in [7, 11) is 0. The Bertz CT molecular complexity index is 2120. The van der Waals surface area contributed by atoms with Crippen LogP contribution in [-0.4, -0.2) is 66.8 Å². The topological polar surface area (TPSA) is 139 Å². The molecule has 4 bridgehead atoms. The van der Waals surface area contributed by atoms with Crippen LogP contribution in [-0.2, 0) is 27.3 Å². The van der Waals surface area contributed by atoms with Crippen LogP contribution in [0.4, 0.5) is 4.39 Å². The fraction of sp³-hybridized carbons (Fsp3) is 0.447. The average molecular weight is 712 g/mol. The number of piperidine rings is 1. The summed E-state index contributed by atoms with van der Waals surface area (Å²) >= 11 is 6.03. The van der Waals surface area contributed by atoms with Gasteiger partial charge in [-0.2, -0.15) is 5.10 Å². The van der Waals surface area contributed by atoms with Crippen LogP contribution in [0.5, 0.6) is 0 Å². The quantitative estimate of drug-likeness (QED) is 0.274. The van der Waals surface area contributed by atoms with Gasteiger partial charge in [-0.05, 0) is 68.4 Å². The Morgan fingerprint density at radius 3 is 2.55 bits per heavy atom. The highest BCUT2D eigenvalue weighted by Crippen LogP contribution is 2.87. The number of nitrogens with one attached hydrogen (secondary N) is 2. The van der Waals surface area contributed by atoms with Gasteiger partial charge in [0.2, 0.25) is 17.7 Å². The molecule has 2 saturated heterocycles. The molecule has 264 valence electrons. The molecule has 3 aliphatic heterocycles. The Labute approximate surface area is 299 Å². The largest absolute Gasteiger partial charge is 0.355 e. The SMILES string of the molecule is CC(=O)c1nn2c3c(cc(-c4cnc(C)nc4)cc13)CCCCCCC(=O)NC[C@@]13C4C(C(=O)N[C@H](C)c5cccc(Cl)c5F)N(C(=O)C2)[C@@H]1C43. The molecule has 11 nitrogen and oxygen atoms in total. The highest BCUT2D eigenvalue weighted by Gasteiger charge is 2.96. The molecule has 2 aromatic heterocycles. The highest BCUT2D eigenvalue weighted by molar-refractivity contribution is 6.30. The zero-order valence-corrected chi connectivity index (χ0v) is 29.5. The van der Waals surface area contributed by atoms with Gasteiger partial charge >= 0.3 is 0 Å². The van der Waals surface area contributed by atoms with Crippen LogP contribution in [0.2, 0.25) is 5.02 Å². The molecule has 5 heterocycles. The smallest absolute Gasteiger partial charge is 0.245 e. The lowest BCUT2D eigenvalue weighted by molar-refractivity contribution is -0.139. The molecule has 2 N–H and O–H groups in total. The maximum Gasteiger partial charge on any atom is 0.245 e. The van der Waals surface area contributed by atoms with Gasteiger partial charge in [0.25, 0.3) is 0 Å². The first-order chi connectivity index (χ1) is 24.5. The van der Waals surface area contributed by atoms with Crippen LogP contribution in [0.3, 0.4) is 0 Å². The zero-order chi connectivity index (χ0) is 35.8. The van der Waals surface area contributed by atoms with Crippen molar-refractivity contribution < 1.29 is 23.6 Å². The van der Waals surface area contributed by atoms with E-state index in [-0.39, 0.29) is 69.6 Å². The van der Waals surface area contributed by atoms with Gasteiger partial charge in [-0.3, -0.25) is 23.9 Å². The van der Waals surface area contributed by atoms with Crippen LogP contribution in [0.25, 0.3) is 22.0 Å². The molecule has 0 radical (unpaired) electrons. The Morgan fingerprint density at radius 2 is 1.80 bits per heavy atom. The van der Waals surface area contributed by atoms with Crippen molar-refractivity contribution in [3.63, 3.8) is 0 Å². The number of hydrogen-bond donors (Lipinski definition) is 2. The molecular weight excluding hydrogens is 673 g/mol. The second kappa shape index (κ2) is 12.5. The lowest BCUT2D eigenvalue weighted by Crippen LogP contribution is -2.48. The molecule has 3 unspecified atom stereocenters. The van der Waals surface area contributed by atoms with Crippen LogP contribution in [0.1, 0.15) is 79.4 Å². The lowest BCUT2D eigenvalue weighted by atomic mass is 9.96. The number of ketones is 1. The molecule has 5 aliphatic rings. The minimum absolute atomic E-state index is 0.0267. The third-order valence-corrected chi connectivity index (χ3v) is 11.7. The fourth-order valence-corrected chi connectivity index (χ4v) is 9.07. The highest BCUT2D eigenvalue weighted by atomic mass is 35.5. The number of aryl methyl sites for hydroxylation is 2. The van der Waals surface area contributed by atoms with E-state index in [1.165, 1.54) is 13.0 Å². The molecule has 51 heavy (non-hydrogen) atoms. The van der Waals surface area contributed by atoms with Gasteiger partial charge in [0.1, 0.15) is 29.9 Å². The van der Waals surface area contributed by atoms with E-state index in [1.807, 2.05) is 13.0 Å². The van der Waals surface area contributed by atoms with E-state index in [4.69, 9.17) is 16.7 Å². The average Bonchev–Trinajstić information content (AvgIpc) is 3.71. The van der Waals surface area contributed by atoms with Gasteiger partial charge in [-0.15, -0.1) is 0 Å². The summed E-state index contributed by atoms with van der Waals surface area (Å²) in [6.45, 7) is 5.19. The number of hydrogen-bond acceptors (Lipinski definition) is 7. The Kier molecular flexibility index (Phi) is 8.20. The van der Waals surface area contributed by atoms with Gasteiger partial charge in [0.05, 0.1) is 16.6 Å². The third-order valence-electron chi connectivity index (χ3n) is 11.5. The second-order valence-electron chi connectivity index (χ2n) is 14.5. The van der Waals surface area contributed by atoms with Crippen molar-refractivity contribution in [2.24, 2.45) is 17.3 Å². The summed E-state index contributed by atoms with van der Waals surface area (Å²) in [6.07, 6.45) is 7.99. The van der Waals surface area contributed by atoms with Crippen molar-refractivity contribution >= 4 is 46.0 Å². The normalized spacial score (nSPS) is 26.3. The van der Waals surface area contributed by atoms with E-state index in [9.17, 15) is 23.6 Å². The minimum Gasteiger partial charge on any atom is -0.355 e. The van der Waals surface area contributed by atoms with Crippen molar-refractivity contribution in [1.82, 2.24) is 35.3 Å². The van der Waals surface area contributed by atoms with Gasteiger partial charge in [-0.25, -0.2) is 14.4 Å². The number of carbonyl (C=O) groups excluding carboxylic acids is 4. The first kappa shape index (κ1) is 33.4. The summed E-state index contributed by atoms with van der Waals surface area (Å²) in [4.78, 5) is 64.8. The van der Waals surface area contributed by atoms with Crippen molar-refractivity contribution in [1.29, 1.82) is 0 Å². The number of halogens is 2. The third kappa shape index (κ3) is 5.49. The number of rotatable bonds is 5. The molecule has 9 rings (SSSR count). The summed E-state index contributed by atoms with van der Waals surface area (Å²) in [5.74, 6) is -0.923. The molecule has 1 spiro atoms. The summed E-state index contributed by atoms with van der Waals surface area (Å²) in [5.41, 5.74) is 3.46. The lowest BCUT2D eigenvalue weighted by Gasteiger charge is -2.26. The van der Waals surface area contributed by atoms with Crippen molar-refractivity contribution in [3.8, 4) is 11.1 Å². The van der Waals surface area contributed by atoms with Crippen LogP contribution < -0.4 is 10.6 Å². The molecule has 13 heteroatoms. The van der Waals surface area contributed by atoms with Gasteiger partial charge in [-0.1, -0.05) is 36.6 Å². The van der Waals surface area contributed by atoms with E-state index >= 15 is 0 Å². The van der Waals surface area contributed by atoms with Crippen molar-refractivity contribution in [2.75, 3.05) is 6.54 Å². The van der Waals surface area contributed by atoms with E-state index in [2.05, 4.69) is 26.7 Å². The Morgan fingerprint density at radius 1 is 1.06 bits per heavy atom. The van der Waals surface area contributed by atoms with Crippen LogP contribution >= 0.6 is 11.6 Å². The second-order valence-corrected chi connectivity index (χ2v) is 14.9. The first-order valence-electron chi connectivity index (χ1n) is 17.7. The maximum atomic E-state index is 14.9. The van der Waals surface area contributed by atoms with E-state index in [0.717, 1.165) is 42.4 Å². The number of carbonyl (C=O) groups is 4. The molecule has 4 aromatic rings. The molecule has 6 atom stereocenters. The molecule has 2 saturated carbocycles. The van der Waals surface area contributed by atoms with Gasteiger partial charge in [0, 0.05) is 66.2 Å². The predicted octanol–water partition coefficient (Wildman–Crippen LogP) is 5.12. The molecule has 2 aromatic carbocycles. The standard InChI is InChI=1S/C38H39ClFN7O4/c1-19(25-10-8-11-27(39)32(25)40)44-37(51)35-30-31-36-38(30,31)18-43-28(49)12-7-5-4-6-9-22-13-23(24-15-41-21(3)42-16-24)14-26-33(20(2)48)45-46(34(22)26)17-29(50)47(35)36/h8,10-11,13-16,19,30-31,35-36H,4-7,9,12,17-18H2,1-3H3,(H,43,49)(H,44,51)/t19-,30?,31?,35?,36-,38+/m1/s1. The van der Waals surface area contributed by atoms with E-state index in [1.54, 1.807) is 41.0 Å². The number of aromatic nitrogens is 4. The summed E-state index contributed by atoms with van der Waals surface area (Å²) in [5, 5.41) is 11.4. The number of amides is 3. The molecule has 4 fully saturated rings. The Hall–Kier alpha value is -4.71. The number of Topliss-reactive ketones (excluding diaryl/α,β-unsaturated/α-hetero) is 1. The van der Waals surface area contributed by atoms with Crippen molar-refractivity contribution in [2.45, 2.75) is 84.0 Å². The fourth-order valence-electron chi connectivity index (χ4n) is 8.89. The monoisotopic (exact) mass is 711 g/mol. The number of benzene rings is 2. The molecule has 2 aliphatic carbocycles. The first-order valence-corrected chi connectivity index (χ1v) is 18.0. The summed E-state index contributed by atoms with van der Waals surface area (Å²) < 4.78 is 16.5. The Balaban J connectivity index is 1.17. The zero-order valence-electron chi connectivity index (χ0n) is 28.7. The van der Waals surface area contributed by atoms with Crippen LogP contribution in [0, 0.1) is 30.0 Å². The molecule has 3 amide bonds. The van der Waals surface area contributed by atoms with Crippen LogP contribution in [0.15, 0.2) is 42.7 Å². The van der Waals surface area contributed by atoms with Crippen molar-refractivity contribution in [3.05, 3.63) is 76.2 Å².